The molecule has 3 nitrogen and oxygen atoms in total. The quantitative estimate of drug-likeness (QED) is 0.176. The topological polar surface area (TPSA) is 29.5 Å². The van der Waals surface area contributed by atoms with Gasteiger partial charge in [-0.05, 0) is 104 Å². The largest absolute Gasteiger partial charge is 0.456 e. The highest BCUT2D eigenvalue weighted by Crippen LogP contribution is 2.52. The van der Waals surface area contributed by atoms with Crippen molar-refractivity contribution in [3.8, 4) is 33.4 Å². The van der Waals surface area contributed by atoms with Gasteiger partial charge < -0.3 is 13.7 Å². The van der Waals surface area contributed by atoms with E-state index in [1.54, 1.807) is 0 Å². The van der Waals surface area contributed by atoms with Gasteiger partial charge in [-0.2, -0.15) is 0 Å². The number of rotatable bonds is 5. The van der Waals surface area contributed by atoms with E-state index in [9.17, 15) is 0 Å². The van der Waals surface area contributed by atoms with Gasteiger partial charge in [0, 0.05) is 49.6 Å². The molecule has 0 radical (unpaired) electrons. The fourth-order valence-corrected chi connectivity index (χ4v) is 9.67. The first kappa shape index (κ1) is 32.8. The number of anilines is 3. The van der Waals surface area contributed by atoms with Gasteiger partial charge in [-0.3, -0.25) is 0 Å². The van der Waals surface area contributed by atoms with Gasteiger partial charge in [-0.25, -0.2) is 0 Å². The zero-order valence-electron chi connectivity index (χ0n) is 32.2. The van der Waals surface area contributed by atoms with Gasteiger partial charge >= 0.3 is 0 Å². The van der Waals surface area contributed by atoms with Crippen molar-refractivity contribution in [3.05, 3.63) is 199 Å². The molecule has 0 N–H and O–H groups in total. The van der Waals surface area contributed by atoms with Crippen molar-refractivity contribution in [1.82, 2.24) is 0 Å². The Bertz CT molecular complexity index is 3420. The monoisotopic (exact) mass is 743 g/mol. The lowest BCUT2D eigenvalue weighted by atomic mass is 9.82. The van der Waals surface area contributed by atoms with Gasteiger partial charge in [0.05, 0.1) is 0 Å². The van der Waals surface area contributed by atoms with Gasteiger partial charge in [0.2, 0.25) is 0 Å². The molecule has 0 saturated carbocycles. The van der Waals surface area contributed by atoms with Crippen LogP contribution in [0.15, 0.2) is 197 Å². The van der Waals surface area contributed by atoms with Crippen LogP contribution in [-0.2, 0) is 5.41 Å². The highest BCUT2D eigenvalue weighted by molar-refractivity contribution is 6.27. The van der Waals surface area contributed by atoms with Crippen LogP contribution in [0.4, 0.5) is 17.1 Å². The number of nitrogens with zero attached hydrogens (tertiary/aromatic N) is 1. The maximum Gasteiger partial charge on any atom is 0.143 e. The van der Waals surface area contributed by atoms with E-state index in [-0.39, 0.29) is 5.41 Å². The summed E-state index contributed by atoms with van der Waals surface area (Å²) in [6.07, 6.45) is 0. The summed E-state index contributed by atoms with van der Waals surface area (Å²) in [5.74, 6) is 0. The minimum absolute atomic E-state index is 0.155. The molecule has 0 aliphatic heterocycles. The summed E-state index contributed by atoms with van der Waals surface area (Å²) in [4.78, 5) is 2.43. The van der Waals surface area contributed by atoms with Crippen molar-refractivity contribution in [2.45, 2.75) is 19.3 Å². The van der Waals surface area contributed by atoms with Crippen molar-refractivity contribution >= 4 is 71.7 Å². The van der Waals surface area contributed by atoms with E-state index >= 15 is 0 Å². The molecule has 0 spiro atoms. The molecular formula is C55H37NO2. The minimum Gasteiger partial charge on any atom is -0.456 e. The summed E-state index contributed by atoms with van der Waals surface area (Å²) in [6.45, 7) is 4.70. The minimum atomic E-state index is -0.155. The predicted molar refractivity (Wildman–Crippen MR) is 242 cm³/mol. The normalized spacial score (nSPS) is 13.1. The molecule has 12 rings (SSSR count). The first-order chi connectivity index (χ1) is 28.5. The van der Waals surface area contributed by atoms with Crippen LogP contribution in [0.5, 0.6) is 0 Å². The molecule has 9 aromatic carbocycles. The van der Waals surface area contributed by atoms with Crippen molar-refractivity contribution in [2.24, 2.45) is 0 Å². The Morgan fingerprint density at radius 2 is 1.02 bits per heavy atom. The molecule has 58 heavy (non-hydrogen) atoms. The summed E-state index contributed by atoms with van der Waals surface area (Å²) in [6, 6.07) is 67.7. The molecule has 3 heteroatoms. The Kier molecular flexibility index (Phi) is 6.98. The molecule has 11 aromatic rings. The van der Waals surface area contributed by atoms with E-state index in [4.69, 9.17) is 8.83 Å². The lowest BCUT2D eigenvalue weighted by molar-refractivity contribution is 0.660. The van der Waals surface area contributed by atoms with Crippen LogP contribution >= 0.6 is 0 Å². The second-order valence-electron chi connectivity index (χ2n) is 16.1. The van der Waals surface area contributed by atoms with Crippen LogP contribution in [-0.4, -0.2) is 0 Å². The Labute approximate surface area is 336 Å². The molecule has 0 fully saturated rings. The number of hydrogen-bond donors (Lipinski definition) is 0. The summed E-state index contributed by atoms with van der Waals surface area (Å²) >= 11 is 0. The Morgan fingerprint density at radius 3 is 1.88 bits per heavy atom. The maximum atomic E-state index is 6.99. The van der Waals surface area contributed by atoms with E-state index in [2.05, 4.69) is 189 Å². The third-order valence-corrected chi connectivity index (χ3v) is 12.5. The van der Waals surface area contributed by atoms with Crippen molar-refractivity contribution in [2.75, 3.05) is 4.90 Å². The smallest absolute Gasteiger partial charge is 0.143 e. The fraction of sp³-hybridized carbons (Fsp3) is 0.0545. The average Bonchev–Trinajstić information content (AvgIpc) is 3.91. The standard InChI is InChI=1S/C55H37NO2/c1-55(2)47-21-10-8-18-42(47)43-28-27-38(33-48(43)55)56(37-25-23-35(24-26-37)34-13-4-3-5-14-34)39-31-45(41-20-12-16-36-15-6-7-17-40(36)41)54-46(32-39)53-51(58-54)30-29-50-52(53)44-19-9-11-22-49(44)57-50/h3-33H,1-2H3. The van der Waals surface area contributed by atoms with Crippen LogP contribution in [0.2, 0.25) is 0 Å². The number of furan rings is 2. The van der Waals surface area contributed by atoms with Crippen LogP contribution in [0.1, 0.15) is 25.0 Å². The number of fused-ring (bicyclic) bond motifs is 11. The highest BCUT2D eigenvalue weighted by Gasteiger charge is 2.36. The fourth-order valence-electron chi connectivity index (χ4n) is 9.67. The summed E-state index contributed by atoms with van der Waals surface area (Å²) < 4.78 is 13.4. The van der Waals surface area contributed by atoms with Gasteiger partial charge in [0.25, 0.3) is 0 Å². The molecule has 2 heterocycles. The Morgan fingerprint density at radius 1 is 0.379 bits per heavy atom. The molecule has 2 aromatic heterocycles. The SMILES string of the molecule is CC1(C)c2ccccc2-c2ccc(N(c3ccc(-c4ccccc4)cc3)c3cc(-c4cccc5ccccc45)c4oc5ccc6oc7ccccc7c6c5c4c3)cc21. The molecule has 0 unspecified atom stereocenters. The van der Waals surface area contributed by atoms with Crippen LogP contribution in [0.3, 0.4) is 0 Å². The molecule has 0 bridgehead atoms. The highest BCUT2D eigenvalue weighted by atomic mass is 16.3. The lowest BCUT2D eigenvalue weighted by Crippen LogP contribution is -2.16. The first-order valence-electron chi connectivity index (χ1n) is 20.0. The second-order valence-corrected chi connectivity index (χ2v) is 16.1. The van der Waals surface area contributed by atoms with Gasteiger partial charge in [0.1, 0.15) is 22.3 Å². The molecule has 0 atom stereocenters. The molecule has 1 aliphatic rings. The number of hydrogen-bond acceptors (Lipinski definition) is 3. The lowest BCUT2D eigenvalue weighted by Gasteiger charge is -2.29. The van der Waals surface area contributed by atoms with E-state index in [1.807, 2.05) is 18.2 Å². The zero-order chi connectivity index (χ0) is 38.5. The van der Waals surface area contributed by atoms with Crippen molar-refractivity contribution in [3.63, 3.8) is 0 Å². The molecule has 274 valence electrons. The van der Waals surface area contributed by atoms with Crippen molar-refractivity contribution in [1.29, 1.82) is 0 Å². The second kappa shape index (κ2) is 12.3. The van der Waals surface area contributed by atoms with Crippen LogP contribution in [0.25, 0.3) is 88.0 Å². The number of para-hydroxylation sites is 1. The summed E-state index contributed by atoms with van der Waals surface area (Å²) in [7, 11) is 0. The molecule has 0 saturated heterocycles. The van der Waals surface area contributed by atoms with Crippen LogP contribution < -0.4 is 4.90 Å². The Hall–Kier alpha value is -7.36. The zero-order valence-corrected chi connectivity index (χ0v) is 32.2. The van der Waals surface area contributed by atoms with Crippen molar-refractivity contribution < 1.29 is 8.83 Å². The number of benzene rings is 9. The van der Waals surface area contributed by atoms with E-state index in [0.29, 0.717) is 0 Å². The Balaban J connectivity index is 1.17. The van der Waals surface area contributed by atoms with Gasteiger partial charge in [-0.15, -0.1) is 0 Å². The van der Waals surface area contributed by atoms with E-state index in [0.717, 1.165) is 72.1 Å². The summed E-state index contributed by atoms with van der Waals surface area (Å²) in [5.41, 5.74) is 16.3. The third kappa shape index (κ3) is 4.80. The molecule has 0 amide bonds. The maximum absolute atomic E-state index is 6.99. The van der Waals surface area contributed by atoms with E-state index < -0.39 is 0 Å². The van der Waals surface area contributed by atoms with Gasteiger partial charge in [-0.1, -0.05) is 147 Å². The van der Waals surface area contributed by atoms with E-state index in [1.165, 1.54) is 44.2 Å². The first-order valence-corrected chi connectivity index (χ1v) is 20.0. The van der Waals surface area contributed by atoms with Gasteiger partial charge in [0.15, 0.2) is 0 Å². The summed E-state index contributed by atoms with van der Waals surface area (Å²) in [5, 5.41) is 6.63. The molecule has 1 aliphatic carbocycles. The predicted octanol–water partition coefficient (Wildman–Crippen LogP) is 15.7. The third-order valence-electron chi connectivity index (χ3n) is 12.5. The molecular weight excluding hydrogens is 707 g/mol. The van der Waals surface area contributed by atoms with Crippen LogP contribution in [0, 0.1) is 0 Å². The average molecular weight is 744 g/mol.